The number of aromatic hydroxyl groups is 1. The van der Waals surface area contributed by atoms with E-state index in [1.165, 1.54) is 0 Å². The second-order valence-electron chi connectivity index (χ2n) is 3.21. The number of rotatable bonds is 2. The first-order chi connectivity index (χ1) is 6.93. The molecule has 0 aromatic heterocycles. The SMILES string of the molecule is CC(C)OC(=O)c1ccc(O)c(Cl)c1F. The molecule has 5 heteroatoms. The third kappa shape index (κ3) is 2.59. The Morgan fingerprint density at radius 2 is 2.13 bits per heavy atom. The van der Waals surface area contributed by atoms with E-state index in [0.29, 0.717) is 0 Å². The smallest absolute Gasteiger partial charge is 0.341 e. The van der Waals surface area contributed by atoms with Gasteiger partial charge in [-0.2, -0.15) is 0 Å². The van der Waals surface area contributed by atoms with Crippen molar-refractivity contribution in [2.45, 2.75) is 20.0 Å². The van der Waals surface area contributed by atoms with Crippen LogP contribution >= 0.6 is 11.6 Å². The molecule has 0 heterocycles. The average Bonchev–Trinajstić information content (AvgIpc) is 2.13. The number of hydrogen-bond donors (Lipinski definition) is 1. The molecule has 0 aliphatic rings. The van der Waals surface area contributed by atoms with Crippen molar-refractivity contribution in [3.8, 4) is 5.75 Å². The first-order valence-corrected chi connectivity index (χ1v) is 4.69. The molecule has 0 aliphatic carbocycles. The highest BCUT2D eigenvalue weighted by Gasteiger charge is 2.18. The number of carbonyl (C=O) groups is 1. The first kappa shape index (κ1) is 11.8. The topological polar surface area (TPSA) is 46.5 Å². The van der Waals surface area contributed by atoms with Crippen LogP contribution < -0.4 is 0 Å². The van der Waals surface area contributed by atoms with Gasteiger partial charge in [-0.3, -0.25) is 0 Å². The van der Waals surface area contributed by atoms with Gasteiger partial charge < -0.3 is 9.84 Å². The second kappa shape index (κ2) is 4.49. The summed E-state index contributed by atoms with van der Waals surface area (Å²) in [6.45, 7) is 3.30. The fourth-order valence-corrected chi connectivity index (χ4v) is 1.14. The second-order valence-corrected chi connectivity index (χ2v) is 3.59. The minimum absolute atomic E-state index is 0.286. The van der Waals surface area contributed by atoms with Crippen molar-refractivity contribution in [1.82, 2.24) is 0 Å². The van der Waals surface area contributed by atoms with E-state index in [1.54, 1.807) is 13.8 Å². The molecule has 1 rings (SSSR count). The zero-order valence-electron chi connectivity index (χ0n) is 8.25. The Labute approximate surface area is 91.4 Å². The number of phenols is 1. The summed E-state index contributed by atoms with van der Waals surface area (Å²) >= 11 is 5.43. The predicted molar refractivity (Wildman–Crippen MR) is 53.6 cm³/mol. The summed E-state index contributed by atoms with van der Waals surface area (Å²) in [5, 5.41) is 8.59. The van der Waals surface area contributed by atoms with Gasteiger partial charge in [-0.05, 0) is 26.0 Å². The average molecular weight is 233 g/mol. The van der Waals surface area contributed by atoms with Crippen molar-refractivity contribution in [3.63, 3.8) is 0 Å². The summed E-state index contributed by atoms with van der Waals surface area (Å²) in [4.78, 5) is 11.3. The lowest BCUT2D eigenvalue weighted by Crippen LogP contribution is -2.13. The van der Waals surface area contributed by atoms with Crippen molar-refractivity contribution in [2.75, 3.05) is 0 Å². The van der Waals surface area contributed by atoms with Crippen LogP contribution in [-0.4, -0.2) is 17.2 Å². The number of halogens is 2. The van der Waals surface area contributed by atoms with Crippen molar-refractivity contribution in [1.29, 1.82) is 0 Å². The van der Waals surface area contributed by atoms with Crippen LogP contribution in [-0.2, 0) is 4.74 Å². The number of esters is 1. The first-order valence-electron chi connectivity index (χ1n) is 4.31. The zero-order valence-corrected chi connectivity index (χ0v) is 9.01. The highest BCUT2D eigenvalue weighted by molar-refractivity contribution is 6.32. The molecular formula is C10H10ClFO3. The van der Waals surface area contributed by atoms with Crippen LogP contribution in [0.2, 0.25) is 5.02 Å². The number of ether oxygens (including phenoxy) is 1. The Bertz CT molecular complexity index is 390. The fraction of sp³-hybridized carbons (Fsp3) is 0.300. The highest BCUT2D eigenvalue weighted by Crippen LogP contribution is 2.28. The summed E-state index contributed by atoms with van der Waals surface area (Å²) in [5.41, 5.74) is -0.286. The van der Waals surface area contributed by atoms with E-state index in [1.807, 2.05) is 0 Å². The molecule has 0 spiro atoms. The Hall–Kier alpha value is -1.29. The van der Waals surface area contributed by atoms with E-state index in [9.17, 15) is 9.18 Å². The van der Waals surface area contributed by atoms with Crippen LogP contribution in [0.3, 0.4) is 0 Å². The molecule has 0 aliphatic heterocycles. The van der Waals surface area contributed by atoms with Gasteiger partial charge in [0.05, 0.1) is 11.7 Å². The molecule has 3 nitrogen and oxygen atoms in total. The molecule has 0 bridgehead atoms. The van der Waals surface area contributed by atoms with Crippen molar-refractivity contribution < 1.29 is 19.0 Å². The number of hydrogen-bond acceptors (Lipinski definition) is 3. The zero-order chi connectivity index (χ0) is 11.6. The largest absolute Gasteiger partial charge is 0.506 e. The summed E-state index contributed by atoms with van der Waals surface area (Å²) in [5.74, 6) is -2.18. The maximum absolute atomic E-state index is 13.4. The normalized spacial score (nSPS) is 10.5. The number of carbonyl (C=O) groups excluding carboxylic acids is 1. The minimum Gasteiger partial charge on any atom is -0.506 e. The van der Waals surface area contributed by atoms with Gasteiger partial charge in [-0.1, -0.05) is 11.6 Å². The molecule has 0 unspecified atom stereocenters. The molecule has 0 amide bonds. The van der Waals surface area contributed by atoms with Gasteiger partial charge in [0.2, 0.25) is 0 Å². The number of benzene rings is 1. The number of phenolic OH excluding ortho intramolecular Hbond substituents is 1. The Morgan fingerprint density at radius 1 is 1.53 bits per heavy atom. The highest BCUT2D eigenvalue weighted by atomic mass is 35.5. The van der Waals surface area contributed by atoms with Crippen molar-refractivity contribution in [3.05, 3.63) is 28.5 Å². The van der Waals surface area contributed by atoms with Crippen LogP contribution in [0, 0.1) is 5.82 Å². The van der Waals surface area contributed by atoms with Gasteiger partial charge >= 0.3 is 5.97 Å². The molecule has 1 N–H and O–H groups in total. The van der Waals surface area contributed by atoms with Gasteiger partial charge in [0.1, 0.15) is 10.8 Å². The van der Waals surface area contributed by atoms with Crippen LogP contribution in [0.1, 0.15) is 24.2 Å². The Balaban J connectivity index is 3.06. The third-order valence-electron chi connectivity index (χ3n) is 1.62. The lowest BCUT2D eigenvalue weighted by molar-refractivity contribution is 0.0372. The van der Waals surface area contributed by atoms with Gasteiger partial charge in [0.25, 0.3) is 0 Å². The molecule has 0 saturated heterocycles. The fourth-order valence-electron chi connectivity index (χ4n) is 0.974. The van der Waals surface area contributed by atoms with Crippen LogP contribution in [0.4, 0.5) is 4.39 Å². The molecule has 0 saturated carbocycles. The standard InChI is InChI=1S/C10H10ClFO3/c1-5(2)15-10(14)6-3-4-7(13)8(11)9(6)12/h3-5,13H,1-2H3. The van der Waals surface area contributed by atoms with Gasteiger partial charge in [0.15, 0.2) is 5.82 Å². The monoisotopic (exact) mass is 232 g/mol. The Morgan fingerprint density at radius 3 is 2.67 bits per heavy atom. The quantitative estimate of drug-likeness (QED) is 0.798. The summed E-state index contributed by atoms with van der Waals surface area (Å²) < 4.78 is 18.2. The van der Waals surface area contributed by atoms with Crippen LogP contribution in [0.25, 0.3) is 0 Å². The van der Waals surface area contributed by atoms with E-state index in [0.717, 1.165) is 12.1 Å². The van der Waals surface area contributed by atoms with Crippen LogP contribution in [0.5, 0.6) is 5.75 Å². The lowest BCUT2D eigenvalue weighted by atomic mass is 10.2. The minimum atomic E-state index is -0.970. The van der Waals surface area contributed by atoms with E-state index in [-0.39, 0.29) is 11.7 Å². The summed E-state index contributed by atoms with van der Waals surface area (Å²) in [6.07, 6.45) is -0.343. The molecule has 0 radical (unpaired) electrons. The molecule has 0 atom stereocenters. The maximum Gasteiger partial charge on any atom is 0.341 e. The van der Waals surface area contributed by atoms with Crippen LogP contribution in [0.15, 0.2) is 12.1 Å². The molecule has 1 aromatic carbocycles. The molecule has 0 fully saturated rings. The van der Waals surface area contributed by atoms with E-state index < -0.39 is 22.6 Å². The lowest BCUT2D eigenvalue weighted by Gasteiger charge is -2.09. The molecular weight excluding hydrogens is 223 g/mol. The summed E-state index contributed by atoms with van der Waals surface area (Å²) in [6, 6.07) is 2.27. The van der Waals surface area contributed by atoms with Gasteiger partial charge in [-0.25, -0.2) is 9.18 Å². The van der Waals surface area contributed by atoms with E-state index in [2.05, 4.69) is 0 Å². The third-order valence-corrected chi connectivity index (χ3v) is 1.98. The Kier molecular flexibility index (Phi) is 3.52. The predicted octanol–water partition coefficient (Wildman–Crippen LogP) is 2.75. The molecule has 15 heavy (non-hydrogen) atoms. The molecule has 82 valence electrons. The molecule has 1 aromatic rings. The van der Waals surface area contributed by atoms with Gasteiger partial charge in [0, 0.05) is 0 Å². The van der Waals surface area contributed by atoms with E-state index in [4.69, 9.17) is 21.4 Å². The van der Waals surface area contributed by atoms with E-state index >= 15 is 0 Å². The van der Waals surface area contributed by atoms with Crippen molar-refractivity contribution in [2.24, 2.45) is 0 Å². The summed E-state index contributed by atoms with van der Waals surface area (Å²) in [7, 11) is 0. The van der Waals surface area contributed by atoms with Gasteiger partial charge in [-0.15, -0.1) is 0 Å². The maximum atomic E-state index is 13.4. The van der Waals surface area contributed by atoms with Crippen molar-refractivity contribution >= 4 is 17.6 Å².